The first-order valence-corrected chi connectivity index (χ1v) is 8.70. The van der Waals surface area contributed by atoms with Crippen molar-refractivity contribution in [2.45, 2.75) is 90.4 Å². The molecule has 0 spiro atoms. The van der Waals surface area contributed by atoms with E-state index in [1.807, 2.05) is 0 Å². The number of hydrogen-bond acceptors (Lipinski definition) is 3. The molecule has 0 amide bonds. The molecule has 3 nitrogen and oxygen atoms in total. The Labute approximate surface area is 129 Å². The zero-order valence-corrected chi connectivity index (χ0v) is 13.5. The van der Waals surface area contributed by atoms with E-state index in [-0.39, 0.29) is 0 Å². The maximum atomic E-state index is 11.2. The van der Waals surface area contributed by atoms with Gasteiger partial charge in [0.2, 0.25) is 0 Å². The standard InChI is InChI=1S/C18H30O3/c1-2-3-4-5-6-7-8-9-10-11-12-13-14-16-15-17(19)21-18(16)20/h15H,2-14H2,1H3. The minimum atomic E-state index is -0.506. The molecule has 120 valence electrons. The van der Waals surface area contributed by atoms with E-state index in [9.17, 15) is 9.59 Å². The first-order chi connectivity index (χ1) is 10.2. The lowest BCUT2D eigenvalue weighted by Gasteiger charge is -2.03. The first kappa shape index (κ1) is 17.9. The number of cyclic esters (lactones) is 2. The quantitative estimate of drug-likeness (QED) is 0.270. The molecule has 0 aromatic rings. The van der Waals surface area contributed by atoms with Crippen molar-refractivity contribution in [1.82, 2.24) is 0 Å². The van der Waals surface area contributed by atoms with Crippen LogP contribution in [-0.4, -0.2) is 11.9 Å². The zero-order chi connectivity index (χ0) is 15.3. The highest BCUT2D eigenvalue weighted by Crippen LogP contribution is 2.17. The van der Waals surface area contributed by atoms with Crippen molar-refractivity contribution in [3.63, 3.8) is 0 Å². The van der Waals surface area contributed by atoms with Gasteiger partial charge in [-0.15, -0.1) is 0 Å². The van der Waals surface area contributed by atoms with Crippen LogP contribution in [0.25, 0.3) is 0 Å². The fourth-order valence-corrected chi connectivity index (χ4v) is 2.72. The topological polar surface area (TPSA) is 43.4 Å². The van der Waals surface area contributed by atoms with Crippen molar-refractivity contribution in [3.05, 3.63) is 11.6 Å². The van der Waals surface area contributed by atoms with Crippen molar-refractivity contribution in [2.75, 3.05) is 0 Å². The van der Waals surface area contributed by atoms with E-state index in [1.165, 1.54) is 70.3 Å². The number of carbonyl (C=O) groups is 2. The minimum Gasteiger partial charge on any atom is -0.386 e. The van der Waals surface area contributed by atoms with Crippen LogP contribution < -0.4 is 0 Å². The maximum absolute atomic E-state index is 11.2. The summed E-state index contributed by atoms with van der Waals surface area (Å²) < 4.78 is 4.46. The number of carbonyl (C=O) groups excluding carboxylic acids is 2. The van der Waals surface area contributed by atoms with Gasteiger partial charge >= 0.3 is 11.9 Å². The van der Waals surface area contributed by atoms with E-state index >= 15 is 0 Å². The Kier molecular flexibility index (Phi) is 9.84. The summed E-state index contributed by atoms with van der Waals surface area (Å²) in [5, 5.41) is 0. The van der Waals surface area contributed by atoms with Crippen LogP contribution in [0.4, 0.5) is 0 Å². The van der Waals surface area contributed by atoms with Crippen LogP contribution in [0.15, 0.2) is 11.6 Å². The van der Waals surface area contributed by atoms with E-state index in [0.29, 0.717) is 12.0 Å². The third kappa shape index (κ3) is 8.69. The average Bonchev–Trinajstić information content (AvgIpc) is 2.78. The van der Waals surface area contributed by atoms with Crippen molar-refractivity contribution < 1.29 is 14.3 Å². The molecule has 0 atom stereocenters. The van der Waals surface area contributed by atoms with Crippen molar-refractivity contribution >= 4 is 11.9 Å². The second-order valence-corrected chi connectivity index (χ2v) is 6.02. The van der Waals surface area contributed by atoms with Gasteiger partial charge in [0.15, 0.2) is 0 Å². The normalized spacial score (nSPS) is 14.4. The molecule has 0 aromatic carbocycles. The van der Waals surface area contributed by atoms with Crippen LogP contribution >= 0.6 is 0 Å². The third-order valence-corrected chi connectivity index (χ3v) is 4.05. The fourth-order valence-electron chi connectivity index (χ4n) is 2.72. The van der Waals surface area contributed by atoms with Crippen LogP contribution in [0.5, 0.6) is 0 Å². The van der Waals surface area contributed by atoms with Crippen LogP contribution in [0.3, 0.4) is 0 Å². The SMILES string of the molecule is CCCCCCCCCCCCCCC1=CC(=O)OC1=O. The van der Waals surface area contributed by atoms with Gasteiger partial charge in [-0.2, -0.15) is 0 Å². The Morgan fingerprint density at radius 1 is 0.762 bits per heavy atom. The molecule has 0 fully saturated rings. The van der Waals surface area contributed by atoms with Crippen molar-refractivity contribution in [1.29, 1.82) is 0 Å². The molecular weight excluding hydrogens is 264 g/mol. The molecule has 0 unspecified atom stereocenters. The third-order valence-electron chi connectivity index (χ3n) is 4.05. The molecule has 0 radical (unpaired) electrons. The zero-order valence-electron chi connectivity index (χ0n) is 13.5. The molecule has 0 saturated heterocycles. The minimum absolute atomic E-state index is 0.442. The lowest BCUT2D eigenvalue weighted by Crippen LogP contribution is -2.01. The number of hydrogen-bond donors (Lipinski definition) is 0. The number of ether oxygens (including phenoxy) is 1. The molecule has 1 heterocycles. The molecule has 0 aliphatic carbocycles. The monoisotopic (exact) mass is 294 g/mol. The Morgan fingerprint density at radius 2 is 1.24 bits per heavy atom. The van der Waals surface area contributed by atoms with Crippen LogP contribution in [-0.2, 0) is 14.3 Å². The van der Waals surface area contributed by atoms with Crippen LogP contribution in [0.1, 0.15) is 90.4 Å². The smallest absolute Gasteiger partial charge is 0.342 e. The van der Waals surface area contributed by atoms with Crippen LogP contribution in [0.2, 0.25) is 0 Å². The second kappa shape index (κ2) is 11.5. The molecule has 1 rings (SSSR count). The Hall–Kier alpha value is -1.12. The Morgan fingerprint density at radius 3 is 1.67 bits per heavy atom. The van der Waals surface area contributed by atoms with Gasteiger partial charge in [-0.1, -0.05) is 77.6 Å². The van der Waals surface area contributed by atoms with E-state index in [2.05, 4.69) is 11.7 Å². The molecule has 21 heavy (non-hydrogen) atoms. The largest absolute Gasteiger partial charge is 0.386 e. The van der Waals surface area contributed by atoms with Gasteiger partial charge in [0.25, 0.3) is 0 Å². The van der Waals surface area contributed by atoms with Gasteiger partial charge in [0, 0.05) is 11.6 Å². The Balaban J connectivity index is 1.82. The number of unbranched alkanes of at least 4 members (excludes halogenated alkanes) is 11. The maximum Gasteiger partial charge on any atom is 0.342 e. The summed E-state index contributed by atoms with van der Waals surface area (Å²) in [4.78, 5) is 22.1. The molecule has 0 saturated carbocycles. The van der Waals surface area contributed by atoms with E-state index in [0.717, 1.165) is 12.8 Å². The lowest BCUT2D eigenvalue weighted by atomic mass is 10.0. The summed E-state index contributed by atoms with van der Waals surface area (Å²) in [6.45, 7) is 2.25. The van der Waals surface area contributed by atoms with Gasteiger partial charge in [-0.05, 0) is 12.8 Å². The molecule has 0 aromatic heterocycles. The molecular formula is C18H30O3. The van der Waals surface area contributed by atoms with Gasteiger partial charge in [0.1, 0.15) is 0 Å². The Bertz CT molecular complexity index is 344. The predicted octanol–water partition coefficient (Wildman–Crippen LogP) is 5.09. The molecule has 1 aliphatic heterocycles. The highest BCUT2D eigenvalue weighted by Gasteiger charge is 2.22. The molecule has 3 heteroatoms. The highest BCUT2D eigenvalue weighted by atomic mass is 16.6. The summed E-state index contributed by atoms with van der Waals surface area (Å²) >= 11 is 0. The predicted molar refractivity (Wildman–Crippen MR) is 84.9 cm³/mol. The van der Waals surface area contributed by atoms with Crippen molar-refractivity contribution in [2.24, 2.45) is 0 Å². The summed E-state index contributed by atoms with van der Waals surface area (Å²) in [7, 11) is 0. The van der Waals surface area contributed by atoms with E-state index in [1.54, 1.807) is 0 Å². The van der Waals surface area contributed by atoms with Gasteiger partial charge < -0.3 is 4.74 Å². The molecule has 0 bridgehead atoms. The van der Waals surface area contributed by atoms with E-state index in [4.69, 9.17) is 0 Å². The average molecular weight is 294 g/mol. The molecule has 1 aliphatic rings. The van der Waals surface area contributed by atoms with Crippen molar-refractivity contribution in [3.8, 4) is 0 Å². The van der Waals surface area contributed by atoms with Gasteiger partial charge in [0.05, 0.1) is 0 Å². The first-order valence-electron chi connectivity index (χ1n) is 8.70. The van der Waals surface area contributed by atoms with Gasteiger partial charge in [-0.3, -0.25) is 0 Å². The summed E-state index contributed by atoms with van der Waals surface area (Å²) in [6.07, 6.45) is 17.6. The summed E-state index contributed by atoms with van der Waals surface area (Å²) in [5.74, 6) is -0.947. The van der Waals surface area contributed by atoms with Crippen LogP contribution in [0, 0.1) is 0 Å². The highest BCUT2D eigenvalue weighted by molar-refractivity contribution is 6.08. The fraction of sp³-hybridized carbons (Fsp3) is 0.778. The van der Waals surface area contributed by atoms with Gasteiger partial charge in [-0.25, -0.2) is 9.59 Å². The number of esters is 2. The summed E-state index contributed by atoms with van der Waals surface area (Å²) in [5.41, 5.74) is 0.548. The van der Waals surface area contributed by atoms with E-state index < -0.39 is 11.9 Å². The summed E-state index contributed by atoms with van der Waals surface area (Å²) in [6, 6.07) is 0. The second-order valence-electron chi connectivity index (χ2n) is 6.02. The number of rotatable bonds is 13. The lowest BCUT2D eigenvalue weighted by molar-refractivity contribution is -0.150. The molecule has 0 N–H and O–H groups in total.